The first kappa shape index (κ1) is 19.9. The number of aliphatic hydroxyl groups is 1. The molecule has 0 saturated heterocycles. The Kier molecular flexibility index (Phi) is 5.40. The molecule has 0 radical (unpaired) electrons. The highest BCUT2D eigenvalue weighted by molar-refractivity contribution is 5.94. The molecule has 3 aromatic rings. The average molecular weight is 411 g/mol. The van der Waals surface area contributed by atoms with Crippen molar-refractivity contribution in [2.45, 2.75) is 39.0 Å². The molecule has 9 nitrogen and oxygen atoms in total. The van der Waals surface area contributed by atoms with E-state index < -0.39 is 18.2 Å². The summed E-state index contributed by atoms with van der Waals surface area (Å²) in [5, 5.41) is 15.8. The number of alkyl halides is 1. The summed E-state index contributed by atoms with van der Waals surface area (Å²) < 4.78 is 14.8. The van der Waals surface area contributed by atoms with Crippen LogP contribution in [-0.2, 0) is 4.79 Å². The van der Waals surface area contributed by atoms with Crippen molar-refractivity contribution in [2.75, 3.05) is 10.6 Å². The van der Waals surface area contributed by atoms with E-state index in [-0.39, 0.29) is 12.3 Å². The number of anilines is 3. The third kappa shape index (κ3) is 4.13. The molecule has 0 aliphatic heterocycles. The van der Waals surface area contributed by atoms with Crippen molar-refractivity contribution in [1.82, 2.24) is 24.5 Å². The molecule has 0 spiro atoms. The number of nitrogens with one attached hydrogen (secondary N) is 2. The van der Waals surface area contributed by atoms with Crippen LogP contribution in [0.15, 0.2) is 37.1 Å². The SMILES string of the molecule is CCC(O)c1cc(C)c(Nc2nccn2-c2cc(NC(=O)[C@H]3C[C@H]3F)ncn2)cn1. The van der Waals surface area contributed by atoms with Gasteiger partial charge in [-0.15, -0.1) is 0 Å². The maximum absolute atomic E-state index is 13.1. The van der Waals surface area contributed by atoms with Crippen LogP contribution in [-0.4, -0.2) is 41.7 Å². The highest BCUT2D eigenvalue weighted by Gasteiger charge is 2.43. The fourth-order valence-corrected chi connectivity index (χ4v) is 3.00. The van der Waals surface area contributed by atoms with E-state index in [9.17, 15) is 14.3 Å². The number of carbonyl (C=O) groups excluding carboxylic acids is 1. The van der Waals surface area contributed by atoms with Gasteiger partial charge in [0.2, 0.25) is 11.9 Å². The Bertz CT molecular complexity index is 1070. The summed E-state index contributed by atoms with van der Waals surface area (Å²) >= 11 is 0. The van der Waals surface area contributed by atoms with Gasteiger partial charge in [0, 0.05) is 18.5 Å². The molecule has 10 heteroatoms. The van der Waals surface area contributed by atoms with Crippen LogP contribution in [0, 0.1) is 12.8 Å². The number of hydrogen-bond donors (Lipinski definition) is 3. The van der Waals surface area contributed by atoms with Gasteiger partial charge < -0.3 is 15.7 Å². The predicted octanol–water partition coefficient (Wildman–Crippen LogP) is 2.85. The molecular formula is C20H22FN7O2. The number of hydrogen-bond acceptors (Lipinski definition) is 7. The maximum atomic E-state index is 13.1. The van der Waals surface area contributed by atoms with Crippen LogP contribution < -0.4 is 10.6 Å². The summed E-state index contributed by atoms with van der Waals surface area (Å²) in [5.41, 5.74) is 2.26. The van der Waals surface area contributed by atoms with Crippen LogP contribution >= 0.6 is 0 Å². The second kappa shape index (κ2) is 8.15. The zero-order valence-electron chi connectivity index (χ0n) is 16.6. The molecule has 3 aromatic heterocycles. The number of carbonyl (C=O) groups is 1. The van der Waals surface area contributed by atoms with Gasteiger partial charge in [-0.05, 0) is 31.4 Å². The molecule has 3 heterocycles. The van der Waals surface area contributed by atoms with Crippen LogP contribution in [0.1, 0.15) is 37.1 Å². The van der Waals surface area contributed by atoms with Crippen molar-refractivity contribution in [3.8, 4) is 5.82 Å². The minimum Gasteiger partial charge on any atom is -0.387 e. The first-order valence-corrected chi connectivity index (χ1v) is 9.68. The van der Waals surface area contributed by atoms with Gasteiger partial charge in [-0.25, -0.2) is 19.3 Å². The first-order valence-electron chi connectivity index (χ1n) is 9.68. The summed E-state index contributed by atoms with van der Waals surface area (Å²) in [4.78, 5) is 28.9. The summed E-state index contributed by atoms with van der Waals surface area (Å²) in [6.07, 6.45) is 5.46. The number of aliphatic hydroxyl groups excluding tert-OH is 1. The van der Waals surface area contributed by atoms with E-state index in [1.54, 1.807) is 29.2 Å². The highest BCUT2D eigenvalue weighted by Crippen LogP contribution is 2.34. The molecule has 1 unspecified atom stereocenters. The molecule has 1 fully saturated rings. The minimum absolute atomic E-state index is 0.251. The standard InChI is InChI=1S/C20H22FN7O2/c1-3-16(29)14-6-11(2)15(9-23-14)26-20-22-4-5-28(20)18-8-17(24-10-25-18)27-19(30)12-7-13(12)21/h4-6,8-10,12-13,16,29H,3,7H2,1-2H3,(H,22,26)(H,24,25,27,30)/t12-,13+,16?/m0/s1. The van der Waals surface area contributed by atoms with Gasteiger partial charge in [0.15, 0.2) is 0 Å². The first-order chi connectivity index (χ1) is 14.5. The number of nitrogens with zero attached hydrogens (tertiary/aromatic N) is 5. The second-order valence-electron chi connectivity index (χ2n) is 7.20. The lowest BCUT2D eigenvalue weighted by Gasteiger charge is -2.14. The van der Waals surface area contributed by atoms with Gasteiger partial charge in [-0.3, -0.25) is 14.3 Å². The average Bonchev–Trinajstić information content (AvgIpc) is 3.30. The van der Waals surface area contributed by atoms with Crippen molar-refractivity contribution in [2.24, 2.45) is 5.92 Å². The molecule has 3 atom stereocenters. The van der Waals surface area contributed by atoms with Gasteiger partial charge in [0.05, 0.1) is 29.6 Å². The number of rotatable bonds is 7. The lowest BCUT2D eigenvalue weighted by molar-refractivity contribution is -0.117. The third-order valence-corrected chi connectivity index (χ3v) is 4.95. The molecule has 0 aromatic carbocycles. The Balaban J connectivity index is 1.54. The van der Waals surface area contributed by atoms with Gasteiger partial charge in [0.1, 0.15) is 24.1 Å². The largest absolute Gasteiger partial charge is 0.387 e. The molecule has 1 saturated carbocycles. The summed E-state index contributed by atoms with van der Waals surface area (Å²) in [5.74, 6) is 0.285. The number of amides is 1. The summed E-state index contributed by atoms with van der Waals surface area (Å²) in [6.45, 7) is 3.81. The molecule has 0 bridgehead atoms. The molecular weight excluding hydrogens is 389 g/mol. The van der Waals surface area contributed by atoms with E-state index in [1.165, 1.54) is 6.33 Å². The Morgan fingerprint density at radius 3 is 2.83 bits per heavy atom. The van der Waals surface area contributed by atoms with E-state index >= 15 is 0 Å². The van der Waals surface area contributed by atoms with Crippen molar-refractivity contribution >= 4 is 23.4 Å². The van der Waals surface area contributed by atoms with Gasteiger partial charge in [-0.2, -0.15) is 0 Å². The van der Waals surface area contributed by atoms with Crippen molar-refractivity contribution in [3.05, 3.63) is 48.3 Å². The van der Waals surface area contributed by atoms with Crippen LogP contribution in [0.3, 0.4) is 0 Å². The van der Waals surface area contributed by atoms with Gasteiger partial charge >= 0.3 is 0 Å². The third-order valence-electron chi connectivity index (χ3n) is 4.95. The summed E-state index contributed by atoms with van der Waals surface area (Å²) in [7, 11) is 0. The molecule has 3 N–H and O–H groups in total. The highest BCUT2D eigenvalue weighted by atomic mass is 19.1. The Labute approximate surface area is 172 Å². The Morgan fingerprint density at radius 1 is 1.33 bits per heavy atom. The Hall–Kier alpha value is -3.40. The molecule has 1 aliphatic rings. The zero-order chi connectivity index (χ0) is 21.3. The van der Waals surface area contributed by atoms with Gasteiger partial charge in [0.25, 0.3) is 0 Å². The summed E-state index contributed by atoms with van der Waals surface area (Å²) in [6, 6.07) is 3.42. The zero-order valence-corrected chi connectivity index (χ0v) is 16.6. The molecule has 156 valence electrons. The van der Waals surface area contributed by atoms with Gasteiger partial charge in [-0.1, -0.05) is 6.92 Å². The number of halogens is 1. The molecule has 4 rings (SSSR count). The molecule has 30 heavy (non-hydrogen) atoms. The lowest BCUT2D eigenvalue weighted by atomic mass is 10.1. The van der Waals surface area contributed by atoms with E-state index in [1.807, 2.05) is 19.9 Å². The normalized spacial score (nSPS) is 18.7. The topological polar surface area (TPSA) is 118 Å². The van der Waals surface area contributed by atoms with E-state index in [0.717, 1.165) is 11.3 Å². The fraction of sp³-hybridized carbons (Fsp3) is 0.350. The monoisotopic (exact) mass is 411 g/mol. The predicted molar refractivity (Wildman–Crippen MR) is 108 cm³/mol. The van der Waals surface area contributed by atoms with Crippen LogP contribution in [0.2, 0.25) is 0 Å². The lowest BCUT2D eigenvalue weighted by Crippen LogP contribution is -2.16. The second-order valence-corrected chi connectivity index (χ2v) is 7.20. The van der Waals surface area contributed by atoms with E-state index in [2.05, 4.69) is 30.6 Å². The van der Waals surface area contributed by atoms with Crippen LogP contribution in [0.4, 0.5) is 21.8 Å². The van der Waals surface area contributed by atoms with E-state index in [4.69, 9.17) is 0 Å². The molecule has 1 amide bonds. The van der Waals surface area contributed by atoms with Crippen molar-refractivity contribution in [3.63, 3.8) is 0 Å². The van der Waals surface area contributed by atoms with E-state index in [0.29, 0.717) is 29.7 Å². The number of pyridine rings is 1. The Morgan fingerprint density at radius 2 is 2.13 bits per heavy atom. The molecule has 1 aliphatic carbocycles. The van der Waals surface area contributed by atoms with Crippen LogP contribution in [0.5, 0.6) is 0 Å². The smallest absolute Gasteiger partial charge is 0.231 e. The van der Waals surface area contributed by atoms with Crippen LogP contribution in [0.25, 0.3) is 5.82 Å². The quantitative estimate of drug-likeness (QED) is 0.547. The maximum Gasteiger partial charge on any atom is 0.231 e. The number of imidazole rings is 1. The number of aryl methyl sites for hydroxylation is 1. The number of aromatic nitrogens is 5. The fourth-order valence-electron chi connectivity index (χ4n) is 3.00. The van der Waals surface area contributed by atoms with Crippen molar-refractivity contribution < 1.29 is 14.3 Å². The minimum atomic E-state index is -1.07. The van der Waals surface area contributed by atoms with Crippen molar-refractivity contribution in [1.29, 1.82) is 0 Å².